The van der Waals surface area contributed by atoms with Gasteiger partial charge in [0.2, 0.25) is 5.89 Å². The third kappa shape index (κ3) is 1.49. The summed E-state index contributed by atoms with van der Waals surface area (Å²) in [5.41, 5.74) is 0.690. The van der Waals surface area contributed by atoms with Gasteiger partial charge < -0.3 is 4.52 Å². The highest BCUT2D eigenvalue weighted by atomic mass is 35.5. The second kappa shape index (κ2) is 3.50. The van der Waals surface area contributed by atoms with E-state index < -0.39 is 0 Å². The highest BCUT2D eigenvalue weighted by Gasteiger charge is 2.58. The zero-order valence-corrected chi connectivity index (χ0v) is 11.5. The Morgan fingerprint density at radius 2 is 2.00 bits per heavy atom. The first-order valence-corrected chi connectivity index (χ1v) is 7.53. The fourth-order valence-corrected chi connectivity index (χ4v) is 5.60. The first-order valence-electron chi connectivity index (χ1n) is 7.00. The fraction of sp³-hybridized carbons (Fsp3) is 0.857. The van der Waals surface area contributed by atoms with Gasteiger partial charge in [0.05, 0.1) is 11.3 Å². The van der Waals surface area contributed by atoms with Gasteiger partial charge in [-0.15, -0.1) is 11.6 Å². The molecule has 0 spiro atoms. The highest BCUT2D eigenvalue weighted by Crippen LogP contribution is 2.65. The van der Waals surface area contributed by atoms with Crippen molar-refractivity contribution in [3.8, 4) is 0 Å². The molecule has 4 saturated carbocycles. The molecule has 2 atom stereocenters. The average Bonchev–Trinajstić information content (AvgIpc) is 2.74. The number of nitrogens with zero attached hydrogens (tertiary/aromatic N) is 2. The molecule has 0 N–H and O–H groups in total. The summed E-state index contributed by atoms with van der Waals surface area (Å²) in [5, 5.41) is 4.00. The summed E-state index contributed by atoms with van der Waals surface area (Å²) in [6, 6.07) is 0. The van der Waals surface area contributed by atoms with Crippen molar-refractivity contribution in [2.75, 3.05) is 0 Å². The van der Waals surface area contributed by atoms with Crippen LogP contribution >= 0.6 is 11.6 Å². The molecule has 0 amide bonds. The Labute approximate surface area is 112 Å². The summed E-state index contributed by atoms with van der Waals surface area (Å²) in [6.07, 6.45) is 7.97. The van der Waals surface area contributed by atoms with Crippen molar-refractivity contribution in [3.05, 3.63) is 11.7 Å². The maximum Gasteiger partial charge on any atom is 0.232 e. The van der Waals surface area contributed by atoms with E-state index in [1.54, 1.807) is 0 Å². The fourth-order valence-electron chi connectivity index (χ4n) is 5.49. The molecular weight excluding hydrogens is 248 g/mol. The van der Waals surface area contributed by atoms with E-state index in [-0.39, 0.29) is 5.41 Å². The van der Waals surface area contributed by atoms with Crippen molar-refractivity contribution < 1.29 is 4.52 Å². The first-order chi connectivity index (χ1) is 8.61. The van der Waals surface area contributed by atoms with Crippen molar-refractivity contribution in [2.45, 2.75) is 56.7 Å². The van der Waals surface area contributed by atoms with E-state index >= 15 is 0 Å². The maximum absolute atomic E-state index is 5.79. The Morgan fingerprint density at radius 3 is 2.56 bits per heavy atom. The molecule has 0 radical (unpaired) electrons. The van der Waals surface area contributed by atoms with E-state index in [4.69, 9.17) is 16.1 Å². The molecule has 2 unspecified atom stereocenters. The third-order valence-electron chi connectivity index (χ3n) is 5.39. The molecule has 4 heteroatoms. The molecule has 18 heavy (non-hydrogen) atoms. The lowest BCUT2D eigenvalue weighted by molar-refractivity contribution is -0.0724. The van der Waals surface area contributed by atoms with Gasteiger partial charge in [0.15, 0.2) is 5.82 Å². The van der Waals surface area contributed by atoms with Crippen molar-refractivity contribution in [1.29, 1.82) is 0 Å². The normalized spacial score (nSPS) is 45.7. The Hall–Kier alpha value is -0.570. The van der Waals surface area contributed by atoms with Crippen LogP contribution in [0.1, 0.15) is 57.2 Å². The van der Waals surface area contributed by atoms with Crippen molar-refractivity contribution >= 4 is 11.6 Å². The second-order valence-electron chi connectivity index (χ2n) is 7.20. The molecule has 0 aliphatic heterocycles. The summed E-state index contributed by atoms with van der Waals surface area (Å²) in [4.78, 5) is 4.54. The molecule has 1 aromatic heterocycles. The minimum atomic E-state index is 0.177. The highest BCUT2D eigenvalue weighted by molar-refractivity contribution is 6.16. The number of hydrogen-bond acceptors (Lipinski definition) is 3. The molecule has 98 valence electrons. The Kier molecular flexibility index (Phi) is 2.19. The summed E-state index contributed by atoms with van der Waals surface area (Å²) in [5.74, 6) is 3.63. The van der Waals surface area contributed by atoms with Crippen LogP contribution in [-0.4, -0.2) is 10.1 Å². The van der Waals surface area contributed by atoms with Gasteiger partial charge in [-0.2, -0.15) is 4.98 Å². The average molecular weight is 267 g/mol. The predicted octanol–water partition coefficient (Wildman–Crippen LogP) is 3.67. The quantitative estimate of drug-likeness (QED) is 0.767. The predicted molar refractivity (Wildman–Crippen MR) is 68.3 cm³/mol. The van der Waals surface area contributed by atoms with E-state index in [0.29, 0.717) is 17.1 Å². The number of alkyl halides is 1. The van der Waals surface area contributed by atoms with E-state index in [9.17, 15) is 0 Å². The van der Waals surface area contributed by atoms with Crippen LogP contribution in [0, 0.1) is 17.3 Å². The Balaban J connectivity index is 1.74. The van der Waals surface area contributed by atoms with Gasteiger partial charge in [0.1, 0.15) is 0 Å². The lowest BCUT2D eigenvalue weighted by Crippen LogP contribution is -2.53. The largest absolute Gasteiger partial charge is 0.339 e. The zero-order chi connectivity index (χ0) is 12.4. The van der Waals surface area contributed by atoms with Crippen LogP contribution in [-0.2, 0) is 11.3 Å². The smallest absolute Gasteiger partial charge is 0.232 e. The van der Waals surface area contributed by atoms with Crippen LogP contribution in [0.25, 0.3) is 0 Å². The summed E-state index contributed by atoms with van der Waals surface area (Å²) < 4.78 is 5.54. The number of hydrogen-bond donors (Lipinski definition) is 0. The zero-order valence-electron chi connectivity index (χ0n) is 10.8. The summed E-state index contributed by atoms with van der Waals surface area (Å²) in [7, 11) is 0. The number of rotatable bonds is 2. The molecule has 4 aliphatic carbocycles. The topological polar surface area (TPSA) is 38.9 Å². The standard InChI is InChI=1S/C14H19ClN2O/c1-13-3-9-2-10(4-13)6-14(5-9,8-13)12-16-11(7-15)17-18-12/h9-10H,2-8H2,1H3. The molecule has 4 bridgehead atoms. The van der Waals surface area contributed by atoms with Crippen LogP contribution < -0.4 is 0 Å². The first kappa shape index (κ1) is 11.3. The van der Waals surface area contributed by atoms with E-state index in [1.165, 1.54) is 38.5 Å². The van der Waals surface area contributed by atoms with Gasteiger partial charge in [-0.3, -0.25) is 0 Å². The van der Waals surface area contributed by atoms with Crippen molar-refractivity contribution in [2.24, 2.45) is 17.3 Å². The molecular formula is C14H19ClN2O. The van der Waals surface area contributed by atoms with Crippen LogP contribution in [0.4, 0.5) is 0 Å². The van der Waals surface area contributed by atoms with Gasteiger partial charge in [0, 0.05) is 0 Å². The van der Waals surface area contributed by atoms with Crippen LogP contribution in [0.15, 0.2) is 4.52 Å². The van der Waals surface area contributed by atoms with Crippen molar-refractivity contribution in [3.63, 3.8) is 0 Å². The van der Waals surface area contributed by atoms with Crippen LogP contribution in [0.2, 0.25) is 0 Å². The molecule has 3 nitrogen and oxygen atoms in total. The molecule has 1 heterocycles. The van der Waals surface area contributed by atoms with E-state index in [1.807, 2.05) is 0 Å². The molecule has 4 fully saturated rings. The Bertz CT molecular complexity index is 470. The lowest BCUT2D eigenvalue weighted by Gasteiger charge is -2.59. The number of aromatic nitrogens is 2. The van der Waals surface area contributed by atoms with Gasteiger partial charge in [-0.1, -0.05) is 12.1 Å². The Morgan fingerprint density at radius 1 is 1.28 bits per heavy atom. The molecule has 1 aromatic rings. The maximum atomic E-state index is 5.79. The van der Waals surface area contributed by atoms with E-state index in [0.717, 1.165) is 17.7 Å². The van der Waals surface area contributed by atoms with Crippen LogP contribution in [0.3, 0.4) is 0 Å². The van der Waals surface area contributed by atoms with E-state index in [2.05, 4.69) is 17.1 Å². The van der Waals surface area contributed by atoms with Gasteiger partial charge in [-0.05, 0) is 55.8 Å². The lowest BCUT2D eigenvalue weighted by atomic mass is 9.44. The number of halogens is 1. The third-order valence-corrected chi connectivity index (χ3v) is 5.63. The van der Waals surface area contributed by atoms with Gasteiger partial charge in [-0.25, -0.2) is 0 Å². The molecule has 0 saturated heterocycles. The minimum absolute atomic E-state index is 0.177. The van der Waals surface area contributed by atoms with Crippen LogP contribution in [0.5, 0.6) is 0 Å². The molecule has 4 aliphatic rings. The van der Waals surface area contributed by atoms with Gasteiger partial charge in [0.25, 0.3) is 0 Å². The van der Waals surface area contributed by atoms with Crippen molar-refractivity contribution in [1.82, 2.24) is 10.1 Å². The molecule has 0 aromatic carbocycles. The minimum Gasteiger partial charge on any atom is -0.339 e. The summed E-state index contributed by atoms with van der Waals surface area (Å²) in [6.45, 7) is 2.46. The van der Waals surface area contributed by atoms with Gasteiger partial charge >= 0.3 is 0 Å². The summed E-state index contributed by atoms with van der Waals surface area (Å²) >= 11 is 5.79. The SMILES string of the molecule is CC12CC3CC(C1)CC(c1nc(CCl)no1)(C3)C2. The molecule has 5 rings (SSSR count). The second-order valence-corrected chi connectivity index (χ2v) is 7.47. The monoisotopic (exact) mass is 266 g/mol.